The first-order valence-electron chi connectivity index (χ1n) is 6.60. The van der Waals surface area contributed by atoms with Crippen molar-refractivity contribution in [3.05, 3.63) is 30.5 Å². The summed E-state index contributed by atoms with van der Waals surface area (Å²) in [5.41, 5.74) is 7.74. The Labute approximate surface area is 107 Å². The first-order chi connectivity index (χ1) is 8.84. The van der Waals surface area contributed by atoms with Crippen molar-refractivity contribution in [1.29, 1.82) is 0 Å². The lowest BCUT2D eigenvalue weighted by atomic mass is 9.83. The Hall–Kier alpha value is -1.77. The number of nitrogens with two attached hydrogens (primary N) is 1. The monoisotopic (exact) mass is 242 g/mol. The number of aromatic nitrogens is 1. The zero-order chi connectivity index (χ0) is 12.4. The largest absolute Gasteiger partial charge is 0.491 e. The molecule has 0 aliphatic heterocycles. The summed E-state index contributed by atoms with van der Waals surface area (Å²) in [6, 6.07) is 7.77. The highest BCUT2D eigenvalue weighted by molar-refractivity contribution is 5.93. The van der Waals surface area contributed by atoms with Crippen molar-refractivity contribution in [2.45, 2.75) is 25.7 Å². The average molecular weight is 242 g/mol. The van der Waals surface area contributed by atoms with E-state index in [1.807, 2.05) is 24.3 Å². The normalized spacial score (nSPS) is 15.6. The van der Waals surface area contributed by atoms with Crippen LogP contribution in [0.5, 0.6) is 5.75 Å². The molecule has 0 radical (unpaired) electrons. The highest BCUT2D eigenvalue weighted by Gasteiger charge is 2.17. The fourth-order valence-electron chi connectivity index (χ4n) is 2.40. The van der Waals surface area contributed by atoms with E-state index in [1.165, 1.54) is 19.3 Å². The van der Waals surface area contributed by atoms with Gasteiger partial charge in [0.15, 0.2) is 0 Å². The summed E-state index contributed by atoms with van der Waals surface area (Å²) >= 11 is 0. The topological polar surface area (TPSA) is 48.1 Å². The summed E-state index contributed by atoms with van der Waals surface area (Å²) in [5, 5.41) is 0.971. The van der Waals surface area contributed by atoms with Crippen LogP contribution < -0.4 is 10.5 Å². The second-order valence-electron chi connectivity index (χ2n) is 4.98. The highest BCUT2D eigenvalue weighted by atomic mass is 16.5. The molecule has 1 aromatic carbocycles. The summed E-state index contributed by atoms with van der Waals surface area (Å²) in [6.45, 7) is 0.765. The van der Waals surface area contributed by atoms with Crippen LogP contribution in [0.15, 0.2) is 30.5 Å². The average Bonchev–Trinajstić information content (AvgIpc) is 2.35. The Balaban J connectivity index is 1.73. The minimum atomic E-state index is 0.703. The number of fused-ring (bicyclic) bond motifs is 1. The van der Waals surface area contributed by atoms with Gasteiger partial charge >= 0.3 is 0 Å². The minimum Gasteiger partial charge on any atom is -0.491 e. The molecule has 1 aromatic heterocycles. The Kier molecular flexibility index (Phi) is 3.05. The minimum absolute atomic E-state index is 0.703. The molecule has 2 N–H and O–H groups in total. The Morgan fingerprint density at radius 2 is 2.17 bits per heavy atom. The van der Waals surface area contributed by atoms with Crippen LogP contribution in [0.2, 0.25) is 0 Å². The SMILES string of the molecule is Nc1c(OCCC2CCC2)ccc2ncccc12. The molecule has 0 atom stereocenters. The number of pyridine rings is 1. The number of nitrogens with zero attached hydrogens (tertiary/aromatic N) is 1. The van der Waals surface area contributed by atoms with Gasteiger partial charge in [-0.1, -0.05) is 19.3 Å². The lowest BCUT2D eigenvalue weighted by Crippen LogP contribution is -2.14. The third-order valence-corrected chi connectivity index (χ3v) is 3.80. The van der Waals surface area contributed by atoms with E-state index in [2.05, 4.69) is 4.98 Å². The first-order valence-corrected chi connectivity index (χ1v) is 6.60. The van der Waals surface area contributed by atoms with Crippen molar-refractivity contribution < 1.29 is 4.74 Å². The number of nitrogen functional groups attached to an aromatic ring is 1. The highest BCUT2D eigenvalue weighted by Crippen LogP contribution is 2.32. The molecule has 1 fully saturated rings. The van der Waals surface area contributed by atoms with E-state index in [4.69, 9.17) is 10.5 Å². The van der Waals surface area contributed by atoms with Gasteiger partial charge in [-0.3, -0.25) is 4.98 Å². The summed E-state index contributed by atoms with van der Waals surface area (Å²) < 4.78 is 5.80. The van der Waals surface area contributed by atoms with Crippen LogP contribution in [0.1, 0.15) is 25.7 Å². The zero-order valence-corrected chi connectivity index (χ0v) is 10.4. The summed E-state index contributed by atoms with van der Waals surface area (Å²) in [4.78, 5) is 4.28. The second-order valence-corrected chi connectivity index (χ2v) is 4.98. The van der Waals surface area contributed by atoms with Crippen LogP contribution in [0.4, 0.5) is 5.69 Å². The van der Waals surface area contributed by atoms with Crippen molar-refractivity contribution in [1.82, 2.24) is 4.98 Å². The Morgan fingerprint density at radius 3 is 2.94 bits per heavy atom. The number of ether oxygens (including phenoxy) is 1. The van der Waals surface area contributed by atoms with Gasteiger partial charge < -0.3 is 10.5 Å². The lowest BCUT2D eigenvalue weighted by Gasteiger charge is -2.25. The molecule has 1 aliphatic carbocycles. The smallest absolute Gasteiger partial charge is 0.142 e. The van der Waals surface area contributed by atoms with E-state index in [1.54, 1.807) is 6.20 Å². The van der Waals surface area contributed by atoms with Crippen LogP contribution in [-0.4, -0.2) is 11.6 Å². The molecule has 2 aromatic rings. The van der Waals surface area contributed by atoms with Crippen LogP contribution in [0, 0.1) is 5.92 Å². The molecule has 0 saturated heterocycles. The maximum atomic E-state index is 6.12. The summed E-state index contributed by atoms with van der Waals surface area (Å²) in [7, 11) is 0. The molecule has 0 unspecified atom stereocenters. The molecule has 1 heterocycles. The van der Waals surface area contributed by atoms with E-state index < -0.39 is 0 Å². The number of benzene rings is 1. The number of hydrogen-bond acceptors (Lipinski definition) is 3. The Morgan fingerprint density at radius 1 is 1.28 bits per heavy atom. The molecule has 1 aliphatic rings. The molecule has 94 valence electrons. The van der Waals surface area contributed by atoms with E-state index >= 15 is 0 Å². The molecule has 0 amide bonds. The van der Waals surface area contributed by atoms with Crippen molar-refractivity contribution in [2.75, 3.05) is 12.3 Å². The third-order valence-electron chi connectivity index (χ3n) is 3.80. The molecular formula is C15H18N2O. The number of rotatable bonds is 4. The van der Waals surface area contributed by atoms with Gasteiger partial charge in [-0.05, 0) is 36.6 Å². The molecule has 1 saturated carbocycles. The van der Waals surface area contributed by atoms with Gasteiger partial charge in [0.1, 0.15) is 5.75 Å². The van der Waals surface area contributed by atoms with Gasteiger partial charge in [-0.2, -0.15) is 0 Å². The first kappa shape index (κ1) is 11.3. The molecular weight excluding hydrogens is 224 g/mol. The van der Waals surface area contributed by atoms with Gasteiger partial charge in [0.05, 0.1) is 17.8 Å². The Bertz CT molecular complexity index is 549. The van der Waals surface area contributed by atoms with Crippen LogP contribution in [-0.2, 0) is 0 Å². The maximum absolute atomic E-state index is 6.12. The number of hydrogen-bond donors (Lipinski definition) is 1. The molecule has 3 rings (SSSR count). The van der Waals surface area contributed by atoms with Crippen LogP contribution in [0.25, 0.3) is 10.9 Å². The van der Waals surface area contributed by atoms with E-state index in [9.17, 15) is 0 Å². The maximum Gasteiger partial charge on any atom is 0.142 e. The standard InChI is InChI=1S/C15H18N2O/c16-15-12-5-2-9-17-13(12)6-7-14(15)18-10-8-11-3-1-4-11/h2,5-7,9,11H,1,3-4,8,10,16H2. The summed E-state index contributed by atoms with van der Waals surface area (Å²) in [6.07, 6.45) is 7.03. The van der Waals surface area contributed by atoms with Crippen LogP contribution in [0.3, 0.4) is 0 Å². The predicted molar refractivity (Wildman–Crippen MR) is 73.6 cm³/mol. The molecule has 18 heavy (non-hydrogen) atoms. The number of anilines is 1. The molecule has 3 heteroatoms. The third kappa shape index (κ3) is 2.13. The zero-order valence-electron chi connectivity index (χ0n) is 10.4. The lowest BCUT2D eigenvalue weighted by molar-refractivity contribution is 0.223. The van der Waals surface area contributed by atoms with Crippen LogP contribution >= 0.6 is 0 Å². The van der Waals surface area contributed by atoms with E-state index in [-0.39, 0.29) is 0 Å². The van der Waals surface area contributed by atoms with E-state index in [0.29, 0.717) is 5.69 Å². The second kappa shape index (κ2) is 4.84. The fourth-order valence-corrected chi connectivity index (χ4v) is 2.40. The molecule has 0 spiro atoms. The van der Waals surface area contributed by atoms with Gasteiger partial charge in [0.25, 0.3) is 0 Å². The van der Waals surface area contributed by atoms with Gasteiger partial charge in [-0.15, -0.1) is 0 Å². The summed E-state index contributed by atoms with van der Waals surface area (Å²) in [5.74, 6) is 1.66. The fraction of sp³-hybridized carbons (Fsp3) is 0.400. The van der Waals surface area contributed by atoms with Gasteiger partial charge in [0, 0.05) is 11.6 Å². The van der Waals surface area contributed by atoms with Crippen molar-refractivity contribution in [3.8, 4) is 5.75 Å². The van der Waals surface area contributed by atoms with Gasteiger partial charge in [-0.25, -0.2) is 0 Å². The van der Waals surface area contributed by atoms with Crippen molar-refractivity contribution >= 4 is 16.6 Å². The van der Waals surface area contributed by atoms with Crippen molar-refractivity contribution in [2.24, 2.45) is 5.92 Å². The quantitative estimate of drug-likeness (QED) is 0.836. The molecule has 3 nitrogen and oxygen atoms in total. The van der Waals surface area contributed by atoms with Gasteiger partial charge in [0.2, 0.25) is 0 Å². The van der Waals surface area contributed by atoms with E-state index in [0.717, 1.165) is 35.6 Å². The predicted octanol–water partition coefficient (Wildman–Crippen LogP) is 3.39. The molecule has 0 bridgehead atoms. The van der Waals surface area contributed by atoms with Crippen molar-refractivity contribution in [3.63, 3.8) is 0 Å².